The van der Waals surface area contributed by atoms with Crippen molar-refractivity contribution in [3.63, 3.8) is 0 Å². The average molecular weight is 294 g/mol. The minimum atomic E-state index is -1.42. The van der Waals surface area contributed by atoms with E-state index in [9.17, 15) is 14.7 Å². The van der Waals surface area contributed by atoms with E-state index in [1.807, 2.05) is 18.2 Å². The third kappa shape index (κ3) is 7.31. The summed E-state index contributed by atoms with van der Waals surface area (Å²) in [4.78, 5) is 22.5. The van der Waals surface area contributed by atoms with Crippen molar-refractivity contribution in [1.82, 2.24) is 5.32 Å². The van der Waals surface area contributed by atoms with E-state index in [1.54, 1.807) is 32.9 Å². The Labute approximate surface area is 124 Å². The van der Waals surface area contributed by atoms with Gasteiger partial charge >= 0.3 is 12.1 Å². The van der Waals surface area contributed by atoms with Crippen LogP contribution in [0.3, 0.4) is 0 Å². The Kier molecular flexibility index (Phi) is 6.17. The van der Waals surface area contributed by atoms with Gasteiger partial charge < -0.3 is 14.8 Å². The summed E-state index contributed by atoms with van der Waals surface area (Å²) in [7, 11) is 0. The molecule has 0 unspecified atom stereocenters. The van der Waals surface area contributed by atoms with Crippen molar-refractivity contribution >= 4 is 12.1 Å². The lowest BCUT2D eigenvalue weighted by Gasteiger charge is -2.22. The predicted octanol–water partition coefficient (Wildman–Crippen LogP) is 2.05. The summed E-state index contributed by atoms with van der Waals surface area (Å²) >= 11 is 0. The lowest BCUT2D eigenvalue weighted by molar-refractivity contribution is -0.148. The molecule has 0 saturated heterocycles. The molecule has 1 atom stereocenters. The highest BCUT2D eigenvalue weighted by Crippen LogP contribution is 2.07. The molecule has 115 valence electrons. The Bertz CT molecular complexity index is 467. The van der Waals surface area contributed by atoms with E-state index in [-0.39, 0.29) is 13.2 Å². The molecule has 0 aliphatic heterocycles. The maximum absolute atomic E-state index is 11.6. The zero-order chi connectivity index (χ0) is 15.9. The van der Waals surface area contributed by atoms with Crippen LogP contribution in [0.2, 0.25) is 0 Å². The second-order valence-corrected chi connectivity index (χ2v) is 5.50. The molecule has 0 fully saturated rings. The lowest BCUT2D eigenvalue weighted by Crippen LogP contribution is -2.45. The second-order valence-electron chi connectivity index (χ2n) is 5.50. The van der Waals surface area contributed by atoms with E-state index >= 15 is 0 Å². The number of benzene rings is 1. The normalized spacial score (nSPS) is 12.5. The first-order valence-electron chi connectivity index (χ1n) is 6.60. The summed E-state index contributed by atoms with van der Waals surface area (Å²) in [5.74, 6) is -1.42. The van der Waals surface area contributed by atoms with Gasteiger partial charge in [0.2, 0.25) is 0 Å². The molecule has 0 aliphatic rings. The molecule has 0 aliphatic carbocycles. The minimum Gasteiger partial charge on any atom is -0.445 e. The van der Waals surface area contributed by atoms with Crippen LogP contribution in [0, 0.1) is 0 Å². The summed E-state index contributed by atoms with van der Waals surface area (Å²) in [6.07, 6.45) is -0.828. The first-order chi connectivity index (χ1) is 9.78. The third-order valence-electron chi connectivity index (χ3n) is 2.47. The largest absolute Gasteiger partial charge is 0.445 e. The molecule has 6 heteroatoms. The molecule has 0 aromatic heterocycles. The van der Waals surface area contributed by atoms with Crippen LogP contribution in [0.15, 0.2) is 30.3 Å². The van der Waals surface area contributed by atoms with E-state index in [4.69, 9.17) is 9.47 Å². The number of alkyl carbamates (subject to hydrolysis) is 1. The van der Waals surface area contributed by atoms with Gasteiger partial charge in [0, 0.05) is 0 Å². The summed E-state index contributed by atoms with van der Waals surface area (Å²) < 4.78 is 10.3. The van der Waals surface area contributed by atoms with Gasteiger partial charge in [0.05, 0.1) is 12.2 Å². The summed E-state index contributed by atoms with van der Waals surface area (Å²) in [6.45, 7) is 5.23. The highest BCUT2D eigenvalue weighted by Gasteiger charge is 2.25. The van der Waals surface area contributed by atoms with Gasteiger partial charge in [-0.2, -0.15) is 0 Å². The summed E-state index contributed by atoms with van der Waals surface area (Å²) in [5, 5.41) is 13.2. The number of ether oxygens (including phenoxy) is 2. The van der Waals surface area contributed by atoms with Gasteiger partial charge in [-0.15, -0.1) is 0 Å². The molecule has 0 spiro atoms. The molecule has 0 heterocycles. The van der Waals surface area contributed by atoms with E-state index in [0.717, 1.165) is 5.56 Å². The van der Waals surface area contributed by atoms with Crippen LogP contribution in [0.4, 0.5) is 4.79 Å². The quantitative estimate of drug-likeness (QED) is 0.870. The number of carbonyl (C=O) groups excluding carboxylic acids is 2. The number of nitrogens with one attached hydrogen (secondary N) is 1. The van der Waals surface area contributed by atoms with Crippen LogP contribution in [0.1, 0.15) is 26.3 Å². The van der Waals surface area contributed by atoms with E-state index in [1.165, 1.54) is 0 Å². The number of amides is 1. The molecule has 1 aromatic carbocycles. The Balaban J connectivity index is 2.43. The number of hydrogen-bond acceptors (Lipinski definition) is 4. The zero-order valence-corrected chi connectivity index (χ0v) is 12.4. The maximum atomic E-state index is 11.6. The second kappa shape index (κ2) is 7.64. The maximum Gasteiger partial charge on any atom is 0.408 e. The fraction of sp³-hybridized carbons (Fsp3) is 0.467. The highest BCUT2D eigenvalue weighted by atomic mass is 16.5. The van der Waals surface area contributed by atoms with E-state index in [2.05, 4.69) is 5.32 Å². The van der Waals surface area contributed by atoms with Gasteiger partial charge in [0.1, 0.15) is 6.61 Å². The van der Waals surface area contributed by atoms with Gasteiger partial charge in [-0.3, -0.25) is 0 Å². The Morgan fingerprint density at radius 3 is 2.33 bits per heavy atom. The van der Waals surface area contributed by atoms with Crippen LogP contribution < -0.4 is 5.32 Å². The Hall–Kier alpha value is -2.08. The van der Waals surface area contributed by atoms with Crippen LogP contribution in [0.5, 0.6) is 0 Å². The summed E-state index contributed by atoms with van der Waals surface area (Å²) in [6, 6.07) is 7.82. The molecule has 1 rings (SSSR count). The van der Waals surface area contributed by atoms with Crippen molar-refractivity contribution < 1.29 is 24.2 Å². The molecule has 21 heavy (non-hydrogen) atoms. The van der Waals surface area contributed by atoms with Crippen molar-refractivity contribution in [1.29, 1.82) is 0 Å². The van der Waals surface area contributed by atoms with Gasteiger partial charge in [-0.25, -0.2) is 14.7 Å². The fourth-order valence-electron chi connectivity index (χ4n) is 1.41. The fourth-order valence-corrected chi connectivity index (χ4v) is 1.41. The minimum absolute atomic E-state index is 0.0621. The van der Waals surface area contributed by atoms with Crippen molar-refractivity contribution in [2.45, 2.75) is 39.0 Å². The Morgan fingerprint density at radius 2 is 1.81 bits per heavy atom. The number of carbonyl (C=O) groups is 2. The topological polar surface area (TPSA) is 84.5 Å². The highest BCUT2D eigenvalue weighted by molar-refractivity contribution is 5.79. The van der Waals surface area contributed by atoms with Crippen LogP contribution in [0.25, 0.3) is 0 Å². The number of hydrogen-bond donors (Lipinski definition) is 1. The van der Waals surface area contributed by atoms with E-state index < -0.39 is 23.7 Å². The molecular formula is C15H20NO5. The molecule has 1 radical (unpaired) electrons. The molecule has 6 nitrogen and oxygen atoms in total. The monoisotopic (exact) mass is 294 g/mol. The van der Waals surface area contributed by atoms with Crippen LogP contribution in [-0.4, -0.2) is 30.3 Å². The standard InChI is InChI=1S/C15H20NO5/c1-15(2,3)21-10-12(13(17)18)16-14(19)20-9-11-7-5-4-6-8-11/h4-8,12H,9-10H2,1-3H3,(H,16,19)/t12-/m0/s1. The molecule has 1 N–H and O–H groups in total. The van der Waals surface area contributed by atoms with E-state index in [0.29, 0.717) is 0 Å². The molecule has 1 aromatic rings. The molecule has 0 saturated carbocycles. The molecule has 1 amide bonds. The smallest absolute Gasteiger partial charge is 0.408 e. The van der Waals surface area contributed by atoms with Gasteiger partial charge in [-0.05, 0) is 26.3 Å². The third-order valence-corrected chi connectivity index (χ3v) is 2.47. The van der Waals surface area contributed by atoms with Gasteiger partial charge in [-0.1, -0.05) is 30.3 Å². The SMILES string of the molecule is CC(C)(C)OC[C@H](NC(=O)OCc1ccccc1)C([O])=O. The first kappa shape index (κ1) is 17.0. The molecule has 0 bridgehead atoms. The number of rotatable bonds is 6. The van der Waals surface area contributed by atoms with Crippen LogP contribution in [-0.2, 0) is 26.0 Å². The molecular weight excluding hydrogens is 274 g/mol. The lowest BCUT2D eigenvalue weighted by atomic mass is 10.2. The Morgan fingerprint density at radius 1 is 1.19 bits per heavy atom. The van der Waals surface area contributed by atoms with Crippen molar-refractivity contribution in [2.75, 3.05) is 6.61 Å². The van der Waals surface area contributed by atoms with Gasteiger partial charge in [0.15, 0.2) is 6.04 Å². The van der Waals surface area contributed by atoms with Crippen molar-refractivity contribution in [2.24, 2.45) is 0 Å². The summed E-state index contributed by atoms with van der Waals surface area (Å²) in [5.41, 5.74) is 0.298. The van der Waals surface area contributed by atoms with Crippen molar-refractivity contribution in [3.05, 3.63) is 35.9 Å². The average Bonchev–Trinajstić information content (AvgIpc) is 2.41. The first-order valence-corrected chi connectivity index (χ1v) is 6.60. The van der Waals surface area contributed by atoms with Crippen LogP contribution >= 0.6 is 0 Å². The predicted molar refractivity (Wildman–Crippen MR) is 74.9 cm³/mol. The van der Waals surface area contributed by atoms with Gasteiger partial charge in [0.25, 0.3) is 0 Å². The zero-order valence-electron chi connectivity index (χ0n) is 12.4. The van der Waals surface area contributed by atoms with Crippen molar-refractivity contribution in [3.8, 4) is 0 Å².